The van der Waals surface area contributed by atoms with Gasteiger partial charge >= 0.3 is 5.97 Å². The van der Waals surface area contributed by atoms with Crippen LogP contribution in [0.4, 0.5) is 13.2 Å². The summed E-state index contributed by atoms with van der Waals surface area (Å²) in [5, 5.41) is 8.42. The van der Waals surface area contributed by atoms with Gasteiger partial charge in [0.2, 0.25) is 0 Å². The maximum absolute atomic E-state index is 13.1. The maximum Gasteiger partial charge on any atom is 0.304 e. The van der Waals surface area contributed by atoms with Crippen molar-refractivity contribution in [3.05, 3.63) is 35.1 Å². The normalized spacial score (nSPS) is 11.4. The first-order chi connectivity index (χ1) is 8.40. The van der Waals surface area contributed by atoms with E-state index in [9.17, 15) is 18.0 Å². The number of carbonyl (C=O) groups is 1. The predicted octanol–water partition coefficient (Wildman–Crippen LogP) is 2.47. The van der Waals surface area contributed by atoms with Crippen molar-refractivity contribution >= 4 is 5.97 Å². The molecule has 1 unspecified atom stereocenters. The zero-order valence-corrected chi connectivity index (χ0v) is 10.2. The molecule has 0 radical (unpaired) electrons. The lowest BCUT2D eigenvalue weighted by molar-refractivity contribution is -0.137. The Labute approximate surface area is 103 Å². The Hall–Kier alpha value is -1.56. The third kappa shape index (κ3) is 5.18. The topological polar surface area (TPSA) is 63.3 Å². The van der Waals surface area contributed by atoms with Crippen LogP contribution >= 0.6 is 0 Å². The van der Waals surface area contributed by atoms with E-state index in [1.807, 2.05) is 13.8 Å². The summed E-state index contributed by atoms with van der Waals surface area (Å²) in [5.41, 5.74) is 5.27. The molecule has 1 atom stereocenters. The van der Waals surface area contributed by atoms with Crippen LogP contribution in [0.1, 0.15) is 25.8 Å². The van der Waals surface area contributed by atoms with Crippen molar-refractivity contribution < 1.29 is 23.1 Å². The molecule has 6 heteroatoms. The van der Waals surface area contributed by atoms with Crippen LogP contribution in [0, 0.1) is 17.5 Å². The minimum Gasteiger partial charge on any atom is -0.481 e. The lowest BCUT2D eigenvalue weighted by Gasteiger charge is -2.09. The van der Waals surface area contributed by atoms with Crippen LogP contribution in [0.5, 0.6) is 0 Å². The Morgan fingerprint density at radius 1 is 1.22 bits per heavy atom. The highest BCUT2D eigenvalue weighted by molar-refractivity contribution is 5.67. The summed E-state index contributed by atoms with van der Waals surface area (Å²) >= 11 is 0. The molecule has 1 aromatic rings. The monoisotopic (exact) mass is 263 g/mol. The van der Waals surface area contributed by atoms with Crippen molar-refractivity contribution in [2.75, 3.05) is 0 Å². The summed E-state index contributed by atoms with van der Waals surface area (Å²) in [4.78, 5) is 10.3. The van der Waals surface area contributed by atoms with Gasteiger partial charge in [0, 0.05) is 12.1 Å². The van der Waals surface area contributed by atoms with E-state index in [0.29, 0.717) is 12.1 Å². The molecular formula is C12H16F3NO2. The minimum atomic E-state index is -1.28. The zero-order valence-electron chi connectivity index (χ0n) is 10.2. The molecule has 0 heterocycles. The van der Waals surface area contributed by atoms with E-state index in [4.69, 9.17) is 10.8 Å². The first-order valence-electron chi connectivity index (χ1n) is 5.51. The van der Waals surface area contributed by atoms with E-state index >= 15 is 0 Å². The second-order valence-corrected chi connectivity index (χ2v) is 3.42. The maximum atomic E-state index is 13.1. The fraction of sp³-hybridized carbons (Fsp3) is 0.417. The van der Waals surface area contributed by atoms with Gasteiger partial charge in [-0.2, -0.15) is 0 Å². The highest BCUT2D eigenvalue weighted by Crippen LogP contribution is 2.15. The van der Waals surface area contributed by atoms with Crippen molar-refractivity contribution in [1.29, 1.82) is 0 Å². The predicted molar refractivity (Wildman–Crippen MR) is 61.6 cm³/mol. The van der Waals surface area contributed by atoms with Gasteiger partial charge in [0.1, 0.15) is 5.82 Å². The summed E-state index contributed by atoms with van der Waals surface area (Å²) in [6.45, 7) is 4.00. The van der Waals surface area contributed by atoms with Gasteiger partial charge in [0.25, 0.3) is 0 Å². The molecule has 0 spiro atoms. The van der Waals surface area contributed by atoms with E-state index in [-0.39, 0.29) is 18.4 Å². The number of carboxylic acid groups (broad SMARTS) is 1. The number of carboxylic acids is 1. The summed E-state index contributed by atoms with van der Waals surface area (Å²) in [6.07, 6.45) is -0.520. The highest BCUT2D eigenvalue weighted by Gasteiger charge is 2.14. The van der Waals surface area contributed by atoms with Crippen LogP contribution in [0.15, 0.2) is 12.1 Å². The van der Waals surface area contributed by atoms with Gasteiger partial charge in [0.15, 0.2) is 11.6 Å². The zero-order chi connectivity index (χ0) is 14.3. The molecule has 0 saturated carbocycles. The van der Waals surface area contributed by atoms with Gasteiger partial charge in [-0.1, -0.05) is 13.8 Å². The standard InChI is InChI=1S/C10H10F3NO2.C2H6/c11-7-4-9(13)8(12)2-5(7)1-6(14)3-10(15)16;1-2/h2,4,6H,1,3,14H2,(H,15,16);1-2H3. The molecule has 18 heavy (non-hydrogen) atoms. The van der Waals surface area contributed by atoms with Gasteiger partial charge in [-0.3, -0.25) is 4.79 Å². The smallest absolute Gasteiger partial charge is 0.304 e. The molecule has 0 bridgehead atoms. The van der Waals surface area contributed by atoms with Crippen molar-refractivity contribution in [2.24, 2.45) is 5.73 Å². The first-order valence-corrected chi connectivity index (χ1v) is 5.51. The molecular weight excluding hydrogens is 247 g/mol. The van der Waals surface area contributed by atoms with Crippen LogP contribution in [0.3, 0.4) is 0 Å². The minimum absolute atomic E-state index is 0.132. The van der Waals surface area contributed by atoms with Crippen molar-refractivity contribution in [3.8, 4) is 0 Å². The van der Waals surface area contributed by atoms with E-state index in [1.165, 1.54) is 0 Å². The van der Waals surface area contributed by atoms with Gasteiger partial charge < -0.3 is 10.8 Å². The first kappa shape index (κ1) is 16.4. The Bertz CT molecular complexity index is 411. The van der Waals surface area contributed by atoms with Crippen LogP contribution < -0.4 is 5.73 Å². The third-order valence-electron chi connectivity index (χ3n) is 2.01. The van der Waals surface area contributed by atoms with Crippen LogP contribution in [0.25, 0.3) is 0 Å². The Balaban J connectivity index is 0.00000137. The SMILES string of the molecule is CC.NC(CC(=O)O)Cc1cc(F)c(F)cc1F. The summed E-state index contributed by atoms with van der Waals surface area (Å²) in [5.74, 6) is -4.53. The van der Waals surface area contributed by atoms with Gasteiger partial charge in [-0.15, -0.1) is 0 Å². The lowest BCUT2D eigenvalue weighted by Crippen LogP contribution is -2.26. The largest absolute Gasteiger partial charge is 0.481 e. The molecule has 0 fully saturated rings. The summed E-state index contributed by atoms with van der Waals surface area (Å²) in [6, 6.07) is 0.265. The second-order valence-electron chi connectivity index (χ2n) is 3.42. The van der Waals surface area contributed by atoms with Crippen LogP contribution in [-0.2, 0) is 11.2 Å². The summed E-state index contributed by atoms with van der Waals surface area (Å²) in [7, 11) is 0. The quantitative estimate of drug-likeness (QED) is 0.820. The average Bonchev–Trinajstić information content (AvgIpc) is 2.27. The third-order valence-corrected chi connectivity index (χ3v) is 2.01. The average molecular weight is 263 g/mol. The second kappa shape index (κ2) is 7.71. The van der Waals surface area contributed by atoms with Crippen LogP contribution in [-0.4, -0.2) is 17.1 Å². The Kier molecular flexibility index (Phi) is 7.04. The molecule has 0 aliphatic heterocycles. The molecule has 0 aliphatic carbocycles. The number of halogens is 3. The van der Waals surface area contributed by atoms with E-state index in [1.54, 1.807) is 0 Å². The molecule has 3 nitrogen and oxygen atoms in total. The molecule has 3 N–H and O–H groups in total. The van der Waals surface area contributed by atoms with Gasteiger partial charge in [-0.25, -0.2) is 13.2 Å². The molecule has 1 aromatic carbocycles. The van der Waals surface area contributed by atoms with Gasteiger partial charge in [0.05, 0.1) is 6.42 Å². The van der Waals surface area contributed by atoms with Crippen LogP contribution in [0.2, 0.25) is 0 Å². The fourth-order valence-corrected chi connectivity index (χ4v) is 1.30. The molecule has 0 aromatic heterocycles. The van der Waals surface area contributed by atoms with E-state index in [0.717, 1.165) is 0 Å². The molecule has 1 rings (SSSR count). The fourth-order valence-electron chi connectivity index (χ4n) is 1.30. The lowest BCUT2D eigenvalue weighted by atomic mass is 10.0. The summed E-state index contributed by atoms with van der Waals surface area (Å²) < 4.78 is 38.5. The number of rotatable bonds is 4. The Morgan fingerprint density at radius 2 is 1.72 bits per heavy atom. The van der Waals surface area contributed by atoms with Crippen molar-refractivity contribution in [3.63, 3.8) is 0 Å². The van der Waals surface area contributed by atoms with Crippen molar-refractivity contribution in [1.82, 2.24) is 0 Å². The van der Waals surface area contributed by atoms with Gasteiger partial charge in [-0.05, 0) is 18.1 Å². The van der Waals surface area contributed by atoms with E-state index in [2.05, 4.69) is 0 Å². The molecule has 0 saturated heterocycles. The number of benzene rings is 1. The molecule has 0 aliphatic rings. The number of nitrogens with two attached hydrogens (primary N) is 1. The highest BCUT2D eigenvalue weighted by atomic mass is 19.2. The number of hydrogen-bond donors (Lipinski definition) is 2. The van der Waals surface area contributed by atoms with E-state index < -0.39 is 29.5 Å². The molecule has 0 amide bonds. The molecule has 102 valence electrons. The van der Waals surface area contributed by atoms with Crippen molar-refractivity contribution in [2.45, 2.75) is 32.7 Å². The number of hydrogen-bond acceptors (Lipinski definition) is 2. The Morgan fingerprint density at radius 3 is 2.22 bits per heavy atom. The number of aliphatic carboxylic acids is 1.